The monoisotopic (exact) mass is 833 g/mol. The molecule has 326 valence electrons. The van der Waals surface area contributed by atoms with Gasteiger partial charge in [0, 0.05) is 28.2 Å². The van der Waals surface area contributed by atoms with E-state index in [2.05, 4.69) is 227 Å². The molecular formula is C60H73BN2. The Hall–Kier alpha value is -4.76. The summed E-state index contributed by atoms with van der Waals surface area (Å²) in [6, 6.07) is 36.6. The minimum Gasteiger partial charge on any atom is -0.335 e. The van der Waals surface area contributed by atoms with E-state index in [9.17, 15) is 0 Å². The molecule has 4 atom stereocenters. The van der Waals surface area contributed by atoms with Gasteiger partial charge in [0.25, 0.3) is 0 Å². The second-order valence-corrected chi connectivity index (χ2v) is 23.9. The average Bonchev–Trinajstić information content (AvgIpc) is 3.25. The van der Waals surface area contributed by atoms with Crippen molar-refractivity contribution in [2.75, 3.05) is 9.80 Å². The van der Waals surface area contributed by atoms with Gasteiger partial charge in [-0.1, -0.05) is 193 Å². The lowest BCUT2D eigenvalue weighted by molar-refractivity contribution is 0.352. The molecule has 4 aromatic rings. The van der Waals surface area contributed by atoms with Crippen molar-refractivity contribution < 1.29 is 0 Å². The van der Waals surface area contributed by atoms with E-state index < -0.39 is 0 Å². The predicted octanol–water partition coefficient (Wildman–Crippen LogP) is 14.3. The fourth-order valence-corrected chi connectivity index (χ4v) is 11.5. The van der Waals surface area contributed by atoms with Gasteiger partial charge in [-0.3, -0.25) is 0 Å². The number of nitrogens with zero attached hydrogens (tertiary/aromatic N) is 2. The standard InChI is InChI=1S/C60H73BN2/c1-56(2,3)40-24-30-47(31-25-40)62-51-36-44(58(7,8)9)28-34-49(51)61-50-35-29-45(59(10,11)12)37-52(50)63(48-32-26-41(27-33-48)57(4,5)6)54-39-46(38-53(62)55(54)61)60(13,42-20-16-14-17-21-42)43-22-18-15-19-23-43/h14,16-18,20-22,24-32,34-37,39,43,48,53H,15,19,23,33,38H2,1-13H3. The van der Waals surface area contributed by atoms with Gasteiger partial charge in [-0.15, -0.1) is 0 Å². The summed E-state index contributed by atoms with van der Waals surface area (Å²) in [6.07, 6.45) is 20.8. The van der Waals surface area contributed by atoms with Crippen molar-refractivity contribution in [3.8, 4) is 0 Å². The van der Waals surface area contributed by atoms with Gasteiger partial charge in [-0.2, -0.15) is 0 Å². The van der Waals surface area contributed by atoms with E-state index in [1.54, 1.807) is 11.0 Å². The Labute approximate surface area is 382 Å². The van der Waals surface area contributed by atoms with Crippen LogP contribution >= 0.6 is 0 Å². The van der Waals surface area contributed by atoms with Crippen LogP contribution in [0.15, 0.2) is 150 Å². The maximum Gasteiger partial charge on any atom is 0.247 e. The van der Waals surface area contributed by atoms with Gasteiger partial charge in [0.05, 0.1) is 12.1 Å². The van der Waals surface area contributed by atoms with Crippen LogP contribution in [0.1, 0.15) is 144 Å². The average molecular weight is 833 g/mol. The largest absolute Gasteiger partial charge is 0.335 e. The summed E-state index contributed by atoms with van der Waals surface area (Å²) in [7, 11) is 0. The van der Waals surface area contributed by atoms with Gasteiger partial charge in [0.1, 0.15) is 0 Å². The minimum absolute atomic E-state index is 0.00448. The summed E-state index contributed by atoms with van der Waals surface area (Å²) in [5, 5.41) is 0. The van der Waals surface area contributed by atoms with Crippen LogP contribution in [0.25, 0.3) is 0 Å². The molecule has 0 saturated heterocycles. The minimum atomic E-state index is -0.192. The van der Waals surface area contributed by atoms with Gasteiger partial charge in [-0.05, 0) is 134 Å². The number of anilines is 3. The normalized spacial score (nSPS) is 22.2. The molecule has 0 bridgehead atoms. The van der Waals surface area contributed by atoms with Crippen LogP contribution in [0.5, 0.6) is 0 Å². The Morgan fingerprint density at radius 3 is 1.70 bits per heavy atom. The summed E-state index contributed by atoms with van der Waals surface area (Å²) in [5.74, 6) is 0.407. The molecule has 0 radical (unpaired) electrons. The number of fused-ring (bicyclic) bond motifs is 4. The first-order valence-electron chi connectivity index (χ1n) is 24.2. The zero-order chi connectivity index (χ0) is 44.9. The van der Waals surface area contributed by atoms with Crippen LogP contribution in [-0.2, 0) is 21.7 Å². The summed E-state index contributed by atoms with van der Waals surface area (Å²) >= 11 is 0. The second kappa shape index (κ2) is 15.5. The van der Waals surface area contributed by atoms with Gasteiger partial charge in [0.15, 0.2) is 0 Å². The van der Waals surface area contributed by atoms with E-state index in [-0.39, 0.29) is 45.9 Å². The van der Waals surface area contributed by atoms with Crippen LogP contribution in [-0.4, -0.2) is 18.8 Å². The quantitative estimate of drug-likeness (QED) is 0.146. The van der Waals surface area contributed by atoms with Crippen molar-refractivity contribution >= 4 is 34.7 Å². The molecule has 4 aromatic carbocycles. The molecule has 63 heavy (non-hydrogen) atoms. The highest BCUT2D eigenvalue weighted by atomic mass is 15.2. The second-order valence-electron chi connectivity index (χ2n) is 23.9. The summed E-state index contributed by atoms with van der Waals surface area (Å²) < 4.78 is 0. The Morgan fingerprint density at radius 2 is 1.17 bits per heavy atom. The van der Waals surface area contributed by atoms with E-state index in [0.717, 1.165) is 12.8 Å². The van der Waals surface area contributed by atoms with Crippen LogP contribution < -0.4 is 20.7 Å². The fraction of sp³-hybridized carbons (Fsp3) is 0.433. The number of benzene rings is 4. The third-order valence-electron chi connectivity index (χ3n) is 15.5. The van der Waals surface area contributed by atoms with E-state index in [1.807, 2.05) is 0 Å². The Morgan fingerprint density at radius 1 is 0.587 bits per heavy atom. The van der Waals surface area contributed by atoms with Crippen molar-refractivity contribution in [1.29, 1.82) is 0 Å². The molecule has 2 heterocycles. The molecule has 0 amide bonds. The molecular weight excluding hydrogens is 759 g/mol. The zero-order valence-corrected chi connectivity index (χ0v) is 40.9. The predicted molar refractivity (Wildman–Crippen MR) is 274 cm³/mol. The zero-order valence-electron chi connectivity index (χ0n) is 40.9. The molecule has 0 spiro atoms. The molecule has 5 aliphatic rings. The molecule has 2 nitrogen and oxygen atoms in total. The topological polar surface area (TPSA) is 6.48 Å². The Balaban J connectivity index is 1.37. The van der Waals surface area contributed by atoms with Gasteiger partial charge in [-0.25, -0.2) is 0 Å². The smallest absolute Gasteiger partial charge is 0.247 e. The van der Waals surface area contributed by atoms with Crippen molar-refractivity contribution in [3.63, 3.8) is 0 Å². The Kier molecular flexibility index (Phi) is 10.7. The van der Waals surface area contributed by atoms with Gasteiger partial charge >= 0.3 is 0 Å². The SMILES string of the molecule is CC(C)(C)C1=CCC(N2C3=C4B(c5ccc(C(C)(C)C)cc52)c2ccc(C(C)(C)C)cc2N(c2ccc(C(C)(C)C)cc2)C4CC(C(C)(c2ccccc2)C2C=CCCC2)=C3)C=C1. The highest BCUT2D eigenvalue weighted by Gasteiger charge is 2.52. The first kappa shape index (κ1) is 43.5. The van der Waals surface area contributed by atoms with E-state index in [1.165, 1.54) is 80.8 Å². The third-order valence-corrected chi connectivity index (χ3v) is 15.5. The lowest BCUT2D eigenvalue weighted by Gasteiger charge is -2.54. The maximum atomic E-state index is 2.81. The van der Waals surface area contributed by atoms with Crippen molar-refractivity contribution in [2.45, 2.75) is 156 Å². The molecule has 9 rings (SSSR count). The first-order valence-corrected chi connectivity index (χ1v) is 24.2. The molecule has 0 fully saturated rings. The highest BCUT2D eigenvalue weighted by molar-refractivity contribution is 6.94. The van der Waals surface area contributed by atoms with Crippen LogP contribution in [0.3, 0.4) is 0 Å². The van der Waals surface area contributed by atoms with Crippen LogP contribution in [0, 0.1) is 11.3 Å². The van der Waals surface area contributed by atoms with Crippen molar-refractivity contribution in [1.82, 2.24) is 0 Å². The number of allylic oxidation sites excluding steroid dienone is 5. The molecule has 3 heteroatoms. The number of rotatable bonds is 5. The molecule has 3 aliphatic carbocycles. The van der Waals surface area contributed by atoms with Crippen LogP contribution in [0.2, 0.25) is 0 Å². The van der Waals surface area contributed by atoms with Crippen molar-refractivity contribution in [3.05, 3.63) is 172 Å². The van der Waals surface area contributed by atoms with Crippen LogP contribution in [0.4, 0.5) is 17.1 Å². The van der Waals surface area contributed by atoms with Gasteiger partial charge < -0.3 is 9.80 Å². The maximum absolute atomic E-state index is 2.81. The summed E-state index contributed by atoms with van der Waals surface area (Å²) in [4.78, 5) is 5.60. The molecule has 0 N–H and O–H groups in total. The Bertz CT molecular complexity index is 2550. The lowest BCUT2D eigenvalue weighted by Crippen LogP contribution is -2.63. The van der Waals surface area contributed by atoms with Gasteiger partial charge in [0.2, 0.25) is 6.71 Å². The van der Waals surface area contributed by atoms with E-state index in [0.29, 0.717) is 5.92 Å². The molecule has 0 aromatic heterocycles. The fourth-order valence-electron chi connectivity index (χ4n) is 11.5. The summed E-state index contributed by atoms with van der Waals surface area (Å²) in [6.45, 7) is 31.0. The lowest BCUT2D eigenvalue weighted by atomic mass is 9.31. The molecule has 2 aliphatic heterocycles. The third kappa shape index (κ3) is 7.64. The molecule has 4 unspecified atom stereocenters. The molecule has 0 saturated carbocycles. The van der Waals surface area contributed by atoms with E-state index in [4.69, 9.17) is 0 Å². The summed E-state index contributed by atoms with van der Waals surface area (Å²) in [5.41, 5.74) is 18.4. The first-order chi connectivity index (χ1) is 29.7. The number of hydrogen-bond acceptors (Lipinski definition) is 2. The highest BCUT2D eigenvalue weighted by Crippen LogP contribution is 2.53. The van der Waals surface area contributed by atoms with E-state index >= 15 is 0 Å². The van der Waals surface area contributed by atoms with Crippen molar-refractivity contribution in [2.24, 2.45) is 11.3 Å². The number of hydrogen-bond donors (Lipinski definition) is 0.